The maximum Gasteiger partial charge on any atom is 0.0878 e. The molecule has 0 radical (unpaired) electrons. The minimum atomic E-state index is -1.95. The Morgan fingerprint density at radius 1 is 1.36 bits per heavy atom. The van der Waals surface area contributed by atoms with Gasteiger partial charge in [-0.1, -0.05) is 20.3 Å². The van der Waals surface area contributed by atoms with Gasteiger partial charge in [-0.2, -0.15) is 5.26 Å². The lowest BCUT2D eigenvalue weighted by molar-refractivity contribution is 0.171. The molecule has 0 bridgehead atoms. The van der Waals surface area contributed by atoms with Crippen LogP contribution in [0.3, 0.4) is 0 Å². The molecule has 1 fully saturated rings. The number of hydrogen-bond donors (Lipinski definition) is 0. The summed E-state index contributed by atoms with van der Waals surface area (Å²) in [5, 5.41) is 8.77. The largest absolute Gasteiger partial charge is 0.324 e. The van der Waals surface area contributed by atoms with Gasteiger partial charge in [0.15, 0.2) is 0 Å². The predicted octanol–water partition coefficient (Wildman–Crippen LogP) is 3.47. The van der Waals surface area contributed by atoms with Crippen molar-refractivity contribution in [1.82, 2.24) is 0 Å². The maximum atomic E-state index is 12.3. The molecule has 1 aliphatic rings. The Labute approximate surface area is 87.1 Å². The third-order valence-corrected chi connectivity index (χ3v) is 7.20. The average molecular weight is 213 g/mol. The van der Waals surface area contributed by atoms with Crippen molar-refractivity contribution in [2.24, 2.45) is 5.41 Å². The second-order valence-corrected chi connectivity index (χ2v) is 8.23. The molecule has 0 aromatic rings. The van der Waals surface area contributed by atoms with Crippen molar-refractivity contribution in [1.29, 1.82) is 5.26 Å². The zero-order valence-corrected chi connectivity index (χ0v) is 10.1. The first-order valence-corrected chi connectivity index (χ1v) is 7.80. The van der Waals surface area contributed by atoms with Crippen LogP contribution < -0.4 is 0 Å². The van der Waals surface area contributed by atoms with Crippen molar-refractivity contribution in [3.63, 3.8) is 0 Å². The fourth-order valence-electron chi connectivity index (χ4n) is 2.29. The van der Waals surface area contributed by atoms with Crippen LogP contribution in [0.4, 0.5) is 0 Å². The molecule has 0 N–H and O–H groups in total. The van der Waals surface area contributed by atoms with E-state index in [9.17, 15) is 4.57 Å². The van der Waals surface area contributed by atoms with E-state index in [0.29, 0.717) is 6.42 Å². The third-order valence-electron chi connectivity index (χ3n) is 3.64. The van der Waals surface area contributed by atoms with E-state index in [1.54, 1.807) is 0 Å². The summed E-state index contributed by atoms with van der Waals surface area (Å²) in [6.45, 7) is 4.03. The molecule has 3 heteroatoms. The molecule has 0 aromatic heterocycles. The first-order chi connectivity index (χ1) is 6.60. The summed E-state index contributed by atoms with van der Waals surface area (Å²) in [6.07, 6.45) is 6.48. The van der Waals surface area contributed by atoms with Crippen LogP contribution in [0.1, 0.15) is 39.5 Å². The van der Waals surface area contributed by atoms with Crippen LogP contribution in [0.2, 0.25) is 0 Å². The standard InChI is InChI=1S/C11H20NOP/c1-3-14(13,4-2)10-11(8-9-12)6-5-7-11/h3-8,10H2,1-2H3. The topological polar surface area (TPSA) is 40.9 Å². The van der Waals surface area contributed by atoms with Crippen molar-refractivity contribution in [3.8, 4) is 6.07 Å². The summed E-state index contributed by atoms with van der Waals surface area (Å²) in [7, 11) is -1.95. The normalized spacial score (nSPS) is 19.8. The summed E-state index contributed by atoms with van der Waals surface area (Å²) < 4.78 is 12.3. The van der Waals surface area contributed by atoms with Crippen LogP contribution in [0.15, 0.2) is 0 Å². The molecule has 0 aromatic carbocycles. The van der Waals surface area contributed by atoms with Crippen molar-refractivity contribution < 1.29 is 4.57 Å². The van der Waals surface area contributed by atoms with E-state index in [1.165, 1.54) is 6.42 Å². The molecular formula is C11H20NOP. The van der Waals surface area contributed by atoms with Gasteiger partial charge >= 0.3 is 0 Å². The van der Waals surface area contributed by atoms with Gasteiger partial charge in [0.05, 0.1) is 13.2 Å². The van der Waals surface area contributed by atoms with E-state index < -0.39 is 7.14 Å². The molecule has 0 unspecified atom stereocenters. The quantitative estimate of drug-likeness (QED) is 0.656. The van der Waals surface area contributed by atoms with E-state index in [0.717, 1.165) is 31.3 Å². The van der Waals surface area contributed by atoms with Gasteiger partial charge in [-0.05, 0) is 30.6 Å². The lowest BCUT2D eigenvalue weighted by atomic mass is 9.68. The second-order valence-electron chi connectivity index (χ2n) is 4.54. The van der Waals surface area contributed by atoms with E-state index in [4.69, 9.17) is 5.26 Å². The maximum absolute atomic E-state index is 12.3. The fourth-order valence-corrected chi connectivity index (χ4v) is 4.84. The van der Waals surface area contributed by atoms with Crippen LogP contribution in [-0.4, -0.2) is 18.5 Å². The highest BCUT2D eigenvalue weighted by atomic mass is 31.2. The van der Waals surface area contributed by atoms with E-state index in [1.807, 2.05) is 13.8 Å². The van der Waals surface area contributed by atoms with Crippen molar-refractivity contribution in [3.05, 3.63) is 0 Å². The zero-order chi connectivity index (χ0) is 10.7. The van der Waals surface area contributed by atoms with Gasteiger partial charge in [0.2, 0.25) is 0 Å². The highest BCUT2D eigenvalue weighted by Gasteiger charge is 2.41. The molecule has 0 heterocycles. The van der Waals surface area contributed by atoms with Crippen molar-refractivity contribution in [2.45, 2.75) is 39.5 Å². The second kappa shape index (κ2) is 4.49. The van der Waals surface area contributed by atoms with Crippen LogP contribution in [-0.2, 0) is 4.57 Å². The van der Waals surface area contributed by atoms with Gasteiger partial charge in [-0.25, -0.2) is 0 Å². The summed E-state index contributed by atoms with van der Waals surface area (Å²) in [5.41, 5.74) is 0.135. The molecule has 0 spiro atoms. The molecular weight excluding hydrogens is 193 g/mol. The van der Waals surface area contributed by atoms with Gasteiger partial charge < -0.3 is 4.57 Å². The number of nitrogens with zero attached hydrogens (tertiary/aromatic N) is 1. The van der Waals surface area contributed by atoms with Crippen LogP contribution >= 0.6 is 7.14 Å². The SMILES string of the molecule is CCP(=O)(CC)CC1(CC#N)CCC1. The van der Waals surface area contributed by atoms with Crippen LogP contribution in [0, 0.1) is 16.7 Å². The smallest absolute Gasteiger partial charge is 0.0878 e. The van der Waals surface area contributed by atoms with Gasteiger partial charge in [0, 0.05) is 12.6 Å². The van der Waals surface area contributed by atoms with Gasteiger partial charge in [-0.15, -0.1) is 0 Å². The Morgan fingerprint density at radius 3 is 2.21 bits per heavy atom. The van der Waals surface area contributed by atoms with Gasteiger partial charge in [0.25, 0.3) is 0 Å². The lowest BCUT2D eigenvalue weighted by Crippen LogP contribution is -2.33. The van der Waals surface area contributed by atoms with Crippen LogP contribution in [0.5, 0.6) is 0 Å². The van der Waals surface area contributed by atoms with Crippen molar-refractivity contribution in [2.75, 3.05) is 18.5 Å². The Bertz CT molecular complexity index is 268. The molecule has 2 nitrogen and oxygen atoms in total. The summed E-state index contributed by atoms with van der Waals surface area (Å²) in [6, 6.07) is 2.26. The molecule has 1 rings (SSSR count). The highest BCUT2D eigenvalue weighted by molar-refractivity contribution is 7.63. The molecule has 14 heavy (non-hydrogen) atoms. The Kier molecular flexibility index (Phi) is 3.78. The zero-order valence-electron chi connectivity index (χ0n) is 9.25. The van der Waals surface area contributed by atoms with E-state index in [-0.39, 0.29) is 5.41 Å². The predicted molar refractivity (Wildman–Crippen MR) is 60.1 cm³/mol. The van der Waals surface area contributed by atoms with E-state index >= 15 is 0 Å². The summed E-state index contributed by atoms with van der Waals surface area (Å²) in [4.78, 5) is 0. The highest BCUT2D eigenvalue weighted by Crippen LogP contribution is 2.57. The van der Waals surface area contributed by atoms with Crippen molar-refractivity contribution >= 4 is 7.14 Å². The Balaban J connectivity index is 2.65. The lowest BCUT2D eigenvalue weighted by Gasteiger charge is -2.42. The Hall–Kier alpha value is -0.280. The molecule has 0 atom stereocenters. The number of hydrogen-bond acceptors (Lipinski definition) is 2. The molecule has 0 aliphatic heterocycles. The Morgan fingerprint density at radius 2 is 1.93 bits per heavy atom. The molecule has 1 saturated carbocycles. The number of nitriles is 1. The first kappa shape index (κ1) is 11.8. The molecule has 1 aliphatic carbocycles. The average Bonchev–Trinajstić information content (AvgIpc) is 2.14. The third kappa shape index (κ3) is 2.39. The molecule has 0 amide bonds. The van der Waals surface area contributed by atoms with Gasteiger partial charge in [0.1, 0.15) is 0 Å². The minimum absolute atomic E-state index is 0.135. The number of rotatable bonds is 5. The monoisotopic (exact) mass is 213 g/mol. The minimum Gasteiger partial charge on any atom is -0.324 e. The fraction of sp³-hybridized carbons (Fsp3) is 0.909. The first-order valence-electron chi connectivity index (χ1n) is 5.54. The van der Waals surface area contributed by atoms with Crippen LogP contribution in [0.25, 0.3) is 0 Å². The summed E-state index contributed by atoms with van der Waals surface area (Å²) >= 11 is 0. The molecule has 0 saturated heterocycles. The molecule has 80 valence electrons. The van der Waals surface area contributed by atoms with Gasteiger partial charge in [-0.3, -0.25) is 0 Å². The van der Waals surface area contributed by atoms with E-state index in [2.05, 4.69) is 6.07 Å². The summed E-state index contributed by atoms with van der Waals surface area (Å²) in [5.74, 6) is 0.